The van der Waals surface area contributed by atoms with E-state index < -0.39 is 5.97 Å². The number of hydrazone groups is 1. The van der Waals surface area contributed by atoms with Gasteiger partial charge in [0.15, 0.2) is 11.5 Å². The summed E-state index contributed by atoms with van der Waals surface area (Å²) in [6.07, 6.45) is 1.74. The van der Waals surface area contributed by atoms with E-state index in [1.807, 2.05) is 13.8 Å². The lowest BCUT2D eigenvalue weighted by Gasteiger charge is -2.16. The van der Waals surface area contributed by atoms with Gasteiger partial charge in [0.2, 0.25) is 0 Å². The minimum Gasteiger partial charge on any atom is -0.490 e. The molecule has 3 rings (SSSR count). The molecule has 0 saturated carbocycles. The number of anilines is 1. The lowest BCUT2D eigenvalue weighted by Crippen LogP contribution is -2.21. The van der Waals surface area contributed by atoms with Crippen molar-refractivity contribution < 1.29 is 24.2 Å². The van der Waals surface area contributed by atoms with E-state index >= 15 is 0 Å². The zero-order valence-corrected chi connectivity index (χ0v) is 20.3. The second kappa shape index (κ2) is 9.65. The SMILES string of the molecule is CCOc1cc(C=C2C(=O)N(c3ccc(C(=O)O)cc3)N=C2C)c(Br)c(Br)c1OCC. The molecule has 2 aromatic rings. The third kappa shape index (κ3) is 4.67. The highest BCUT2D eigenvalue weighted by molar-refractivity contribution is 9.13. The second-order valence-electron chi connectivity index (χ2n) is 6.50. The smallest absolute Gasteiger partial charge is 0.335 e. The molecule has 0 atom stereocenters. The van der Waals surface area contributed by atoms with E-state index in [9.17, 15) is 9.59 Å². The van der Waals surface area contributed by atoms with Crippen molar-refractivity contribution in [2.45, 2.75) is 20.8 Å². The Kier molecular flexibility index (Phi) is 7.17. The molecule has 1 aliphatic rings. The van der Waals surface area contributed by atoms with Gasteiger partial charge in [0.05, 0.1) is 40.2 Å². The van der Waals surface area contributed by atoms with Crippen LogP contribution in [-0.4, -0.2) is 35.9 Å². The maximum atomic E-state index is 13.1. The van der Waals surface area contributed by atoms with Crippen molar-refractivity contribution in [2.75, 3.05) is 18.2 Å². The van der Waals surface area contributed by atoms with Crippen LogP contribution in [0.2, 0.25) is 0 Å². The monoisotopic (exact) mass is 550 g/mol. The molecule has 31 heavy (non-hydrogen) atoms. The largest absolute Gasteiger partial charge is 0.490 e. The van der Waals surface area contributed by atoms with Crippen molar-refractivity contribution in [3.8, 4) is 11.5 Å². The number of nitrogens with zero attached hydrogens (tertiary/aromatic N) is 2. The first-order valence-corrected chi connectivity index (χ1v) is 11.1. The lowest BCUT2D eigenvalue weighted by molar-refractivity contribution is -0.114. The van der Waals surface area contributed by atoms with Gasteiger partial charge in [-0.2, -0.15) is 10.1 Å². The third-order valence-corrected chi connectivity index (χ3v) is 6.61. The van der Waals surface area contributed by atoms with Crippen molar-refractivity contribution in [1.82, 2.24) is 0 Å². The minimum absolute atomic E-state index is 0.137. The summed E-state index contributed by atoms with van der Waals surface area (Å²) in [5, 5.41) is 14.7. The number of halogens is 2. The van der Waals surface area contributed by atoms with Crippen molar-refractivity contribution in [1.29, 1.82) is 0 Å². The van der Waals surface area contributed by atoms with Gasteiger partial charge in [-0.05, 0) is 94.6 Å². The average Bonchev–Trinajstić information content (AvgIpc) is 3.03. The number of ether oxygens (including phenoxy) is 2. The van der Waals surface area contributed by atoms with Crippen molar-refractivity contribution in [3.63, 3.8) is 0 Å². The van der Waals surface area contributed by atoms with Gasteiger partial charge >= 0.3 is 5.97 Å². The Hall–Kier alpha value is -2.65. The van der Waals surface area contributed by atoms with E-state index in [-0.39, 0.29) is 11.5 Å². The molecule has 0 aromatic heterocycles. The molecule has 9 heteroatoms. The molecule has 0 bridgehead atoms. The molecule has 1 heterocycles. The fourth-order valence-electron chi connectivity index (χ4n) is 3.01. The number of benzene rings is 2. The average molecular weight is 552 g/mol. The summed E-state index contributed by atoms with van der Waals surface area (Å²) in [6.45, 7) is 6.46. The van der Waals surface area contributed by atoms with E-state index in [1.165, 1.54) is 17.1 Å². The molecule has 0 saturated heterocycles. The van der Waals surface area contributed by atoms with Gasteiger partial charge in [-0.1, -0.05) is 0 Å². The first-order chi connectivity index (χ1) is 14.8. The van der Waals surface area contributed by atoms with Crippen molar-refractivity contribution in [3.05, 3.63) is 56.0 Å². The highest BCUT2D eigenvalue weighted by Gasteiger charge is 2.29. The third-order valence-electron chi connectivity index (χ3n) is 4.47. The van der Waals surface area contributed by atoms with Gasteiger partial charge in [0, 0.05) is 4.47 Å². The highest BCUT2D eigenvalue weighted by atomic mass is 79.9. The van der Waals surface area contributed by atoms with Crippen LogP contribution < -0.4 is 14.5 Å². The summed E-state index contributed by atoms with van der Waals surface area (Å²) in [5.74, 6) is -0.194. The number of rotatable bonds is 7. The molecule has 0 radical (unpaired) electrons. The van der Waals surface area contributed by atoms with Gasteiger partial charge in [-0.3, -0.25) is 4.79 Å². The Morgan fingerprint density at radius 3 is 2.35 bits per heavy atom. The molecule has 0 fully saturated rings. The number of carboxylic acids is 1. The number of carbonyl (C=O) groups excluding carboxylic acids is 1. The van der Waals surface area contributed by atoms with E-state index in [0.29, 0.717) is 46.2 Å². The van der Waals surface area contributed by atoms with Crippen LogP contribution in [0.1, 0.15) is 36.7 Å². The van der Waals surface area contributed by atoms with E-state index in [0.717, 1.165) is 10.0 Å². The molecule has 2 aromatic carbocycles. The lowest BCUT2D eigenvalue weighted by atomic mass is 10.1. The molecule has 1 N–H and O–H groups in total. The maximum Gasteiger partial charge on any atom is 0.335 e. The van der Waals surface area contributed by atoms with Crippen LogP contribution in [-0.2, 0) is 4.79 Å². The molecule has 162 valence electrons. The number of hydrogen-bond donors (Lipinski definition) is 1. The molecule has 0 aliphatic carbocycles. The fourth-order valence-corrected chi connectivity index (χ4v) is 3.96. The summed E-state index contributed by atoms with van der Waals surface area (Å²) < 4.78 is 12.8. The van der Waals surface area contributed by atoms with E-state index in [2.05, 4.69) is 37.0 Å². The molecule has 7 nitrogen and oxygen atoms in total. The standard InChI is InChI=1S/C22H20Br2N2O5/c1-4-30-17-11-14(18(23)19(24)20(17)31-5-2)10-16-12(3)25-26(21(16)27)15-8-6-13(7-9-15)22(28)29/h6-11H,4-5H2,1-3H3,(H,28,29). The Morgan fingerprint density at radius 2 is 1.77 bits per heavy atom. The Balaban J connectivity index is 1.99. The van der Waals surface area contributed by atoms with Crippen LogP contribution in [0.15, 0.2) is 50.0 Å². The van der Waals surface area contributed by atoms with Gasteiger partial charge in [-0.15, -0.1) is 0 Å². The first kappa shape index (κ1) is 23.0. The summed E-state index contributed by atoms with van der Waals surface area (Å²) in [4.78, 5) is 24.1. The molecule has 1 amide bonds. The Morgan fingerprint density at radius 1 is 1.13 bits per heavy atom. The Bertz CT molecular complexity index is 1090. The normalized spacial score (nSPS) is 14.7. The van der Waals surface area contributed by atoms with Crippen LogP contribution in [0.3, 0.4) is 0 Å². The minimum atomic E-state index is -1.03. The maximum absolute atomic E-state index is 13.1. The van der Waals surface area contributed by atoms with Crippen molar-refractivity contribution in [2.24, 2.45) is 5.10 Å². The molecule has 0 unspecified atom stereocenters. The van der Waals surface area contributed by atoms with Gasteiger partial charge in [0.1, 0.15) is 0 Å². The molecular weight excluding hydrogens is 532 g/mol. The number of carbonyl (C=O) groups is 2. The number of amides is 1. The number of hydrogen-bond acceptors (Lipinski definition) is 5. The predicted octanol–water partition coefficient (Wildman–Crippen LogP) is 5.51. The first-order valence-electron chi connectivity index (χ1n) is 9.51. The fraction of sp³-hybridized carbons (Fsp3) is 0.227. The van der Waals surface area contributed by atoms with Crippen LogP contribution in [0, 0.1) is 0 Å². The van der Waals surface area contributed by atoms with Crippen LogP contribution in [0.5, 0.6) is 11.5 Å². The summed E-state index contributed by atoms with van der Waals surface area (Å²) in [6, 6.07) is 7.79. The quantitative estimate of drug-likeness (QED) is 0.458. The zero-order valence-electron chi connectivity index (χ0n) is 17.1. The Labute approximate surface area is 196 Å². The van der Waals surface area contributed by atoms with Crippen LogP contribution >= 0.6 is 31.9 Å². The second-order valence-corrected chi connectivity index (χ2v) is 8.09. The summed E-state index contributed by atoms with van der Waals surface area (Å²) in [5.41, 5.74) is 2.31. The molecule has 0 spiro atoms. The molecular formula is C22H20Br2N2O5. The van der Waals surface area contributed by atoms with E-state index in [4.69, 9.17) is 14.6 Å². The zero-order chi connectivity index (χ0) is 22.7. The van der Waals surface area contributed by atoms with Gasteiger partial charge in [-0.25, -0.2) is 4.79 Å². The predicted molar refractivity (Wildman–Crippen MR) is 126 cm³/mol. The topological polar surface area (TPSA) is 88.4 Å². The number of aromatic carboxylic acids is 1. The van der Waals surface area contributed by atoms with Gasteiger partial charge in [0.25, 0.3) is 5.91 Å². The van der Waals surface area contributed by atoms with Crippen molar-refractivity contribution >= 4 is 61.2 Å². The summed E-state index contributed by atoms with van der Waals surface area (Å²) in [7, 11) is 0. The highest BCUT2D eigenvalue weighted by Crippen LogP contribution is 2.44. The summed E-state index contributed by atoms with van der Waals surface area (Å²) >= 11 is 7.11. The molecule has 1 aliphatic heterocycles. The van der Waals surface area contributed by atoms with Crippen LogP contribution in [0.25, 0.3) is 6.08 Å². The van der Waals surface area contributed by atoms with Gasteiger partial charge < -0.3 is 14.6 Å². The van der Waals surface area contributed by atoms with E-state index in [1.54, 1.807) is 31.2 Å². The van der Waals surface area contributed by atoms with Crippen LogP contribution in [0.4, 0.5) is 5.69 Å². The number of carboxylic acid groups (broad SMARTS) is 1.